The zero-order chi connectivity index (χ0) is 12.4. The normalized spacial score (nSPS) is 10.5. The Morgan fingerprint density at radius 2 is 2.24 bits per heavy atom. The molecule has 0 bridgehead atoms. The number of aryl methyl sites for hydroxylation is 1. The Kier molecular flexibility index (Phi) is 3.25. The Hall–Kier alpha value is -1.67. The molecule has 2 heterocycles. The fourth-order valence-electron chi connectivity index (χ4n) is 1.11. The van der Waals surface area contributed by atoms with E-state index in [-0.39, 0.29) is 15.9 Å². The molecule has 0 saturated carbocycles. The van der Waals surface area contributed by atoms with E-state index in [0.29, 0.717) is 5.16 Å². The summed E-state index contributed by atoms with van der Waals surface area (Å²) in [6, 6.07) is 0. The van der Waals surface area contributed by atoms with Gasteiger partial charge >= 0.3 is 5.69 Å². The molecule has 2 aromatic heterocycles. The van der Waals surface area contributed by atoms with Gasteiger partial charge in [-0.05, 0) is 11.8 Å². The highest BCUT2D eigenvalue weighted by Crippen LogP contribution is 2.34. The number of hydrogen-bond acceptors (Lipinski definition) is 6. The summed E-state index contributed by atoms with van der Waals surface area (Å²) in [4.78, 5) is 21.7. The molecular weight excluding hydrogens is 266 g/mol. The largest absolute Gasteiger partial charge is 0.338 e. The summed E-state index contributed by atoms with van der Waals surface area (Å²) in [5.74, 6) is 0. The van der Waals surface area contributed by atoms with Crippen LogP contribution in [0.25, 0.3) is 0 Å². The zero-order valence-corrected chi connectivity index (χ0v) is 10.1. The first-order valence-corrected chi connectivity index (χ1v) is 5.59. The molecule has 2 rings (SSSR count). The minimum absolute atomic E-state index is 0.171. The molecule has 0 atom stereocenters. The van der Waals surface area contributed by atoms with Crippen LogP contribution in [0.5, 0.6) is 0 Å². The molecule has 0 amide bonds. The number of aromatic nitrogens is 4. The monoisotopic (exact) mass is 271 g/mol. The fourth-order valence-corrected chi connectivity index (χ4v) is 2.22. The van der Waals surface area contributed by atoms with Gasteiger partial charge in [0.15, 0.2) is 10.2 Å². The van der Waals surface area contributed by atoms with Crippen molar-refractivity contribution in [1.82, 2.24) is 19.5 Å². The van der Waals surface area contributed by atoms with Gasteiger partial charge in [-0.15, -0.1) is 0 Å². The first kappa shape index (κ1) is 11.8. The van der Waals surface area contributed by atoms with E-state index in [4.69, 9.17) is 11.6 Å². The first-order chi connectivity index (χ1) is 8.09. The summed E-state index contributed by atoms with van der Waals surface area (Å²) in [5.41, 5.74) is -0.304. The smallest absolute Gasteiger partial charge is 0.329 e. The lowest BCUT2D eigenvalue weighted by Crippen LogP contribution is -1.98. The molecule has 0 saturated heterocycles. The second-order valence-corrected chi connectivity index (χ2v) is 4.31. The van der Waals surface area contributed by atoms with Gasteiger partial charge < -0.3 is 4.57 Å². The Morgan fingerprint density at radius 3 is 2.82 bits per heavy atom. The fraction of sp³-hybridized carbons (Fsp3) is 0.125. The molecule has 0 aliphatic heterocycles. The number of halogens is 1. The van der Waals surface area contributed by atoms with Crippen LogP contribution >= 0.6 is 23.4 Å². The van der Waals surface area contributed by atoms with Gasteiger partial charge in [-0.25, -0.2) is 15.0 Å². The summed E-state index contributed by atoms with van der Waals surface area (Å²) in [7, 11) is 1.78. The predicted molar refractivity (Wildman–Crippen MR) is 61.0 cm³/mol. The molecule has 0 unspecified atom stereocenters. The maximum atomic E-state index is 10.9. The summed E-state index contributed by atoms with van der Waals surface area (Å²) in [6.07, 6.45) is 4.51. The van der Waals surface area contributed by atoms with Gasteiger partial charge in [-0.3, -0.25) is 10.1 Å². The molecule has 0 fully saturated rings. The van der Waals surface area contributed by atoms with Crippen LogP contribution in [0.2, 0.25) is 5.15 Å². The number of hydrogen-bond donors (Lipinski definition) is 0. The van der Waals surface area contributed by atoms with Crippen LogP contribution in [0.1, 0.15) is 0 Å². The SMILES string of the molecule is Cn1ccnc1Sc1ncnc(Cl)c1[N+](=O)[O-]. The van der Waals surface area contributed by atoms with E-state index < -0.39 is 4.92 Å². The van der Waals surface area contributed by atoms with Gasteiger partial charge in [0.1, 0.15) is 6.33 Å². The Balaban J connectivity index is 2.43. The molecule has 0 radical (unpaired) electrons. The molecule has 9 heteroatoms. The van der Waals surface area contributed by atoms with Crippen LogP contribution in [-0.2, 0) is 7.05 Å². The minimum atomic E-state index is -0.604. The topological polar surface area (TPSA) is 86.7 Å². The van der Waals surface area contributed by atoms with Crippen molar-refractivity contribution < 1.29 is 4.92 Å². The van der Waals surface area contributed by atoms with Crippen molar-refractivity contribution in [2.24, 2.45) is 7.05 Å². The highest BCUT2D eigenvalue weighted by atomic mass is 35.5. The summed E-state index contributed by atoms with van der Waals surface area (Å²) < 4.78 is 1.73. The third kappa shape index (κ3) is 2.37. The Bertz CT molecular complexity index is 573. The molecule has 2 aromatic rings. The van der Waals surface area contributed by atoms with Gasteiger partial charge in [-0.2, -0.15) is 0 Å². The van der Waals surface area contributed by atoms with Gasteiger partial charge in [0.05, 0.1) is 4.92 Å². The number of rotatable bonds is 3. The van der Waals surface area contributed by atoms with Gasteiger partial charge in [0, 0.05) is 19.4 Å². The third-order valence-corrected chi connectivity index (χ3v) is 3.24. The Labute approximate surface area is 105 Å². The Morgan fingerprint density at radius 1 is 1.47 bits per heavy atom. The summed E-state index contributed by atoms with van der Waals surface area (Å²) in [6.45, 7) is 0. The van der Waals surface area contributed by atoms with E-state index in [1.165, 1.54) is 6.33 Å². The van der Waals surface area contributed by atoms with E-state index in [1.54, 1.807) is 24.0 Å². The molecule has 17 heavy (non-hydrogen) atoms. The molecule has 88 valence electrons. The second kappa shape index (κ2) is 4.68. The van der Waals surface area contributed by atoms with Crippen molar-refractivity contribution in [3.63, 3.8) is 0 Å². The van der Waals surface area contributed by atoms with Gasteiger partial charge in [0.2, 0.25) is 5.15 Å². The number of imidazole rings is 1. The lowest BCUT2D eigenvalue weighted by molar-refractivity contribution is -0.388. The van der Waals surface area contributed by atoms with Crippen LogP contribution in [0.4, 0.5) is 5.69 Å². The van der Waals surface area contributed by atoms with E-state index in [1.807, 2.05) is 0 Å². The van der Waals surface area contributed by atoms with Gasteiger partial charge in [0.25, 0.3) is 0 Å². The molecule has 7 nitrogen and oxygen atoms in total. The quantitative estimate of drug-likeness (QED) is 0.481. The van der Waals surface area contributed by atoms with Gasteiger partial charge in [-0.1, -0.05) is 11.6 Å². The van der Waals surface area contributed by atoms with E-state index in [2.05, 4.69) is 15.0 Å². The van der Waals surface area contributed by atoms with E-state index >= 15 is 0 Å². The number of nitrogens with zero attached hydrogens (tertiary/aromatic N) is 5. The van der Waals surface area contributed by atoms with Crippen LogP contribution in [0, 0.1) is 10.1 Å². The van der Waals surface area contributed by atoms with Crippen molar-refractivity contribution in [1.29, 1.82) is 0 Å². The molecular formula is C8H6ClN5O2S. The van der Waals surface area contributed by atoms with Crippen molar-refractivity contribution >= 4 is 29.1 Å². The lowest BCUT2D eigenvalue weighted by Gasteiger charge is -2.02. The van der Waals surface area contributed by atoms with Crippen molar-refractivity contribution in [2.45, 2.75) is 10.2 Å². The molecule has 0 aliphatic carbocycles. The number of nitro groups is 1. The third-order valence-electron chi connectivity index (χ3n) is 1.89. The first-order valence-electron chi connectivity index (χ1n) is 4.39. The van der Waals surface area contributed by atoms with E-state index in [9.17, 15) is 10.1 Å². The lowest BCUT2D eigenvalue weighted by atomic mass is 10.5. The van der Waals surface area contributed by atoms with E-state index in [0.717, 1.165) is 11.8 Å². The van der Waals surface area contributed by atoms with Crippen molar-refractivity contribution in [3.8, 4) is 0 Å². The highest BCUT2D eigenvalue weighted by Gasteiger charge is 2.23. The van der Waals surface area contributed by atoms with Crippen molar-refractivity contribution in [2.75, 3.05) is 0 Å². The second-order valence-electron chi connectivity index (χ2n) is 3.00. The maximum absolute atomic E-state index is 10.9. The molecule has 0 aromatic carbocycles. The summed E-state index contributed by atoms with van der Waals surface area (Å²) >= 11 is 6.74. The molecule has 0 aliphatic rings. The average Bonchev–Trinajstić information content (AvgIpc) is 2.64. The van der Waals surface area contributed by atoms with Crippen LogP contribution < -0.4 is 0 Å². The predicted octanol–water partition coefficient (Wildman–Crippen LogP) is 1.92. The summed E-state index contributed by atoms with van der Waals surface area (Å²) in [5, 5.41) is 11.4. The average molecular weight is 272 g/mol. The minimum Gasteiger partial charge on any atom is -0.329 e. The highest BCUT2D eigenvalue weighted by molar-refractivity contribution is 7.99. The molecule has 0 N–H and O–H groups in total. The van der Waals surface area contributed by atoms with Crippen molar-refractivity contribution in [3.05, 3.63) is 34.0 Å². The maximum Gasteiger partial charge on any atom is 0.338 e. The van der Waals surface area contributed by atoms with Crippen LogP contribution in [0.15, 0.2) is 28.9 Å². The zero-order valence-electron chi connectivity index (χ0n) is 8.57. The van der Waals surface area contributed by atoms with Crippen LogP contribution in [-0.4, -0.2) is 24.4 Å². The standard InChI is InChI=1S/C8H6ClN5O2S/c1-13-3-2-10-8(13)17-7-5(14(15)16)6(9)11-4-12-7/h2-4H,1H3. The molecule has 0 spiro atoms. The van der Waals surface area contributed by atoms with Crippen LogP contribution in [0.3, 0.4) is 0 Å².